The Bertz CT molecular complexity index is 451. The van der Waals surface area contributed by atoms with E-state index in [2.05, 4.69) is 27.7 Å². The number of rotatable bonds is 1. The van der Waals surface area contributed by atoms with E-state index < -0.39 is 0 Å². The molecule has 1 aromatic heterocycles. The summed E-state index contributed by atoms with van der Waals surface area (Å²) in [6.07, 6.45) is 3.24. The maximum absolute atomic E-state index is 11.8. The van der Waals surface area contributed by atoms with Crippen LogP contribution in [-0.2, 0) is 0 Å². The second-order valence-electron chi connectivity index (χ2n) is 2.74. The third kappa shape index (κ3) is 1.70. The zero-order chi connectivity index (χ0) is 9.97. The lowest BCUT2D eigenvalue weighted by Gasteiger charge is -2.02. The minimum absolute atomic E-state index is 0.0972. The molecule has 0 atom stereocenters. The van der Waals surface area contributed by atoms with Crippen LogP contribution in [-0.4, -0.2) is 15.7 Å². The highest BCUT2D eigenvalue weighted by molar-refractivity contribution is 14.1. The Morgan fingerprint density at radius 1 is 1.29 bits per heavy atom. The molecule has 0 spiro atoms. The second kappa shape index (κ2) is 3.91. The van der Waals surface area contributed by atoms with Gasteiger partial charge in [0.1, 0.15) is 0 Å². The molecule has 0 N–H and O–H groups in total. The van der Waals surface area contributed by atoms with Gasteiger partial charge in [-0.1, -0.05) is 12.1 Å². The van der Waals surface area contributed by atoms with Gasteiger partial charge in [0.2, 0.25) is 0 Å². The van der Waals surface area contributed by atoms with Crippen molar-refractivity contribution < 1.29 is 4.79 Å². The molecule has 0 saturated heterocycles. The predicted molar refractivity (Wildman–Crippen MR) is 61.1 cm³/mol. The third-order valence-electron chi connectivity index (χ3n) is 1.82. The van der Waals surface area contributed by atoms with Crippen molar-refractivity contribution in [3.8, 4) is 0 Å². The average molecular weight is 298 g/mol. The van der Waals surface area contributed by atoms with E-state index in [1.54, 1.807) is 24.5 Å². The molecule has 3 nitrogen and oxygen atoms in total. The predicted octanol–water partition coefficient (Wildman–Crippen LogP) is 2.18. The van der Waals surface area contributed by atoms with Crippen LogP contribution in [0, 0.1) is 3.57 Å². The van der Waals surface area contributed by atoms with E-state index in [4.69, 9.17) is 0 Å². The molecule has 0 saturated carbocycles. The molecule has 0 aliphatic heterocycles. The molecule has 0 bridgehead atoms. The molecule has 0 aliphatic carbocycles. The van der Waals surface area contributed by atoms with Crippen LogP contribution < -0.4 is 0 Å². The molecular formula is C10H7IN2O. The van der Waals surface area contributed by atoms with Crippen molar-refractivity contribution in [2.75, 3.05) is 0 Å². The van der Waals surface area contributed by atoms with E-state index >= 15 is 0 Å². The quantitative estimate of drug-likeness (QED) is 0.756. The zero-order valence-electron chi connectivity index (χ0n) is 7.22. The van der Waals surface area contributed by atoms with Gasteiger partial charge >= 0.3 is 0 Å². The minimum atomic E-state index is -0.0972. The van der Waals surface area contributed by atoms with E-state index in [1.165, 1.54) is 4.68 Å². The summed E-state index contributed by atoms with van der Waals surface area (Å²) in [6.45, 7) is 0. The molecule has 2 aromatic rings. The fourth-order valence-corrected chi connectivity index (χ4v) is 1.77. The number of benzene rings is 1. The van der Waals surface area contributed by atoms with Gasteiger partial charge < -0.3 is 0 Å². The molecule has 70 valence electrons. The smallest absolute Gasteiger partial charge is 0.267 e. The Balaban J connectivity index is 2.42. The van der Waals surface area contributed by atoms with Crippen molar-refractivity contribution in [3.63, 3.8) is 0 Å². The molecule has 14 heavy (non-hydrogen) atoms. The van der Waals surface area contributed by atoms with Gasteiger partial charge in [0, 0.05) is 16.0 Å². The second-order valence-corrected chi connectivity index (χ2v) is 3.90. The van der Waals surface area contributed by atoms with Crippen LogP contribution in [0.25, 0.3) is 0 Å². The van der Waals surface area contributed by atoms with E-state index in [9.17, 15) is 4.79 Å². The van der Waals surface area contributed by atoms with Gasteiger partial charge in [-0.05, 0) is 40.8 Å². The van der Waals surface area contributed by atoms with E-state index in [0.29, 0.717) is 5.56 Å². The van der Waals surface area contributed by atoms with E-state index in [1.807, 2.05) is 18.2 Å². The lowest BCUT2D eigenvalue weighted by Crippen LogP contribution is -2.13. The lowest BCUT2D eigenvalue weighted by atomic mass is 10.2. The average Bonchev–Trinajstić information content (AvgIpc) is 2.70. The highest BCUT2D eigenvalue weighted by Gasteiger charge is 2.10. The SMILES string of the molecule is O=C(c1ccccc1I)n1cccn1. The normalized spacial score (nSPS) is 10.1. The van der Waals surface area contributed by atoms with Crippen molar-refractivity contribution in [3.05, 3.63) is 51.9 Å². The Morgan fingerprint density at radius 3 is 2.71 bits per heavy atom. The zero-order valence-corrected chi connectivity index (χ0v) is 9.38. The summed E-state index contributed by atoms with van der Waals surface area (Å²) in [6, 6.07) is 9.18. The highest BCUT2D eigenvalue weighted by Crippen LogP contribution is 2.12. The van der Waals surface area contributed by atoms with E-state index in [0.717, 1.165) is 3.57 Å². The minimum Gasteiger partial charge on any atom is -0.267 e. The Kier molecular flexibility index (Phi) is 2.62. The van der Waals surface area contributed by atoms with Crippen molar-refractivity contribution in [2.45, 2.75) is 0 Å². The van der Waals surface area contributed by atoms with Gasteiger partial charge in [-0.25, -0.2) is 4.68 Å². The fraction of sp³-hybridized carbons (Fsp3) is 0. The van der Waals surface area contributed by atoms with Gasteiger partial charge in [0.05, 0.1) is 5.56 Å². The topological polar surface area (TPSA) is 34.9 Å². The van der Waals surface area contributed by atoms with Crippen molar-refractivity contribution in [1.29, 1.82) is 0 Å². The molecule has 0 fully saturated rings. The number of hydrogen-bond acceptors (Lipinski definition) is 2. The Labute approximate surface area is 94.9 Å². The largest absolute Gasteiger partial charge is 0.279 e. The molecule has 0 aliphatic rings. The Morgan fingerprint density at radius 2 is 2.07 bits per heavy atom. The molecule has 0 radical (unpaired) electrons. The van der Waals surface area contributed by atoms with Crippen LogP contribution in [0.15, 0.2) is 42.7 Å². The first kappa shape index (κ1) is 9.39. The van der Waals surface area contributed by atoms with Gasteiger partial charge in [-0.3, -0.25) is 4.79 Å². The van der Waals surface area contributed by atoms with Gasteiger partial charge in [-0.15, -0.1) is 0 Å². The van der Waals surface area contributed by atoms with Crippen LogP contribution in [0.5, 0.6) is 0 Å². The van der Waals surface area contributed by atoms with Crippen LogP contribution >= 0.6 is 22.6 Å². The summed E-state index contributed by atoms with van der Waals surface area (Å²) in [4.78, 5) is 11.8. The number of nitrogens with zero attached hydrogens (tertiary/aromatic N) is 2. The molecule has 4 heteroatoms. The maximum atomic E-state index is 11.8. The molecule has 2 rings (SSSR count). The maximum Gasteiger partial charge on any atom is 0.279 e. The highest BCUT2D eigenvalue weighted by atomic mass is 127. The number of halogens is 1. The first-order chi connectivity index (χ1) is 6.79. The first-order valence-corrected chi connectivity index (χ1v) is 5.16. The molecule has 1 heterocycles. The summed E-state index contributed by atoms with van der Waals surface area (Å²) < 4.78 is 2.27. The summed E-state index contributed by atoms with van der Waals surface area (Å²) in [7, 11) is 0. The van der Waals surface area contributed by atoms with Crippen molar-refractivity contribution in [1.82, 2.24) is 9.78 Å². The van der Waals surface area contributed by atoms with Crippen LogP contribution in [0.2, 0.25) is 0 Å². The number of carbonyl (C=O) groups excluding carboxylic acids is 1. The van der Waals surface area contributed by atoms with Crippen LogP contribution in [0.4, 0.5) is 0 Å². The van der Waals surface area contributed by atoms with Gasteiger partial charge in [-0.2, -0.15) is 5.10 Å². The number of aromatic nitrogens is 2. The standard InChI is InChI=1S/C10H7IN2O/c11-9-5-2-1-4-8(9)10(14)13-7-3-6-12-13/h1-7H. The monoisotopic (exact) mass is 298 g/mol. The first-order valence-electron chi connectivity index (χ1n) is 4.08. The van der Waals surface area contributed by atoms with Crippen molar-refractivity contribution >= 4 is 28.5 Å². The lowest BCUT2D eigenvalue weighted by molar-refractivity contribution is 0.0944. The Hall–Kier alpha value is -1.17. The number of carbonyl (C=O) groups is 1. The van der Waals surface area contributed by atoms with Crippen molar-refractivity contribution in [2.24, 2.45) is 0 Å². The summed E-state index contributed by atoms with van der Waals surface area (Å²) in [5, 5.41) is 3.90. The molecule has 0 amide bonds. The summed E-state index contributed by atoms with van der Waals surface area (Å²) >= 11 is 2.14. The molecule has 1 aromatic carbocycles. The van der Waals surface area contributed by atoms with Gasteiger partial charge in [0.15, 0.2) is 0 Å². The molecular weight excluding hydrogens is 291 g/mol. The summed E-state index contributed by atoms with van der Waals surface area (Å²) in [5.74, 6) is -0.0972. The summed E-state index contributed by atoms with van der Waals surface area (Å²) in [5.41, 5.74) is 0.678. The fourth-order valence-electron chi connectivity index (χ4n) is 1.15. The third-order valence-corrected chi connectivity index (χ3v) is 2.76. The van der Waals surface area contributed by atoms with Gasteiger partial charge in [0.25, 0.3) is 5.91 Å². The van der Waals surface area contributed by atoms with E-state index in [-0.39, 0.29) is 5.91 Å². The molecule has 0 unspecified atom stereocenters. The van der Waals surface area contributed by atoms with Crippen LogP contribution in [0.1, 0.15) is 10.4 Å². The number of hydrogen-bond donors (Lipinski definition) is 0. The van der Waals surface area contributed by atoms with Crippen LogP contribution in [0.3, 0.4) is 0 Å².